The Labute approximate surface area is 129 Å². The van der Waals surface area contributed by atoms with E-state index >= 15 is 0 Å². The first-order valence-electron chi connectivity index (χ1n) is 6.93. The van der Waals surface area contributed by atoms with E-state index in [-0.39, 0.29) is 11.9 Å². The number of nitrogens with zero attached hydrogens (tertiary/aromatic N) is 2. The van der Waals surface area contributed by atoms with Crippen molar-refractivity contribution in [1.29, 1.82) is 0 Å². The third kappa shape index (κ3) is 3.47. The highest BCUT2D eigenvalue weighted by Gasteiger charge is 2.16. The molecule has 2 aromatic rings. The molecular formula is C16H21N3OS. The second-order valence-electron chi connectivity index (χ2n) is 5.11. The van der Waals surface area contributed by atoms with Gasteiger partial charge in [-0.1, -0.05) is 18.2 Å². The van der Waals surface area contributed by atoms with E-state index in [2.05, 4.69) is 29.5 Å². The molecule has 0 aliphatic rings. The van der Waals surface area contributed by atoms with Crippen molar-refractivity contribution in [2.24, 2.45) is 0 Å². The molecule has 0 unspecified atom stereocenters. The fourth-order valence-electron chi connectivity index (χ4n) is 2.38. The zero-order chi connectivity index (χ0) is 15.4. The van der Waals surface area contributed by atoms with Gasteiger partial charge in [0, 0.05) is 11.3 Å². The monoisotopic (exact) mass is 303 g/mol. The van der Waals surface area contributed by atoms with Crippen LogP contribution in [-0.2, 0) is 4.79 Å². The molecule has 5 heteroatoms. The minimum Gasteiger partial charge on any atom is -0.349 e. The smallest absolute Gasteiger partial charge is 0.230 e. The molecule has 1 aromatic carbocycles. The van der Waals surface area contributed by atoms with Gasteiger partial charge in [0.05, 0.1) is 23.7 Å². The summed E-state index contributed by atoms with van der Waals surface area (Å²) in [6.07, 6.45) is 3.76. The number of thioether (sulfide) groups is 1. The Hall–Kier alpha value is -1.75. The highest BCUT2D eigenvalue weighted by molar-refractivity contribution is 7.99. The number of aromatic nitrogens is 2. The zero-order valence-electron chi connectivity index (χ0n) is 12.9. The molecule has 0 aliphatic heterocycles. The number of rotatable bonds is 5. The van der Waals surface area contributed by atoms with Crippen molar-refractivity contribution in [3.63, 3.8) is 0 Å². The lowest BCUT2D eigenvalue weighted by atomic mass is 10.1. The lowest BCUT2D eigenvalue weighted by molar-refractivity contribution is -0.119. The highest BCUT2D eigenvalue weighted by Crippen LogP contribution is 2.21. The molecule has 1 aromatic heterocycles. The Kier molecular flexibility index (Phi) is 5.07. The first kappa shape index (κ1) is 15.6. The fraction of sp³-hybridized carbons (Fsp3) is 0.375. The molecule has 0 saturated heterocycles. The van der Waals surface area contributed by atoms with Crippen LogP contribution in [-0.4, -0.2) is 27.7 Å². The molecule has 112 valence electrons. The second-order valence-corrected chi connectivity index (χ2v) is 5.97. The minimum atomic E-state index is -0.0394. The summed E-state index contributed by atoms with van der Waals surface area (Å²) in [6.45, 7) is 6.09. The molecule has 0 aliphatic carbocycles. The number of hydrogen-bond acceptors (Lipinski definition) is 3. The molecule has 0 saturated carbocycles. The van der Waals surface area contributed by atoms with E-state index in [4.69, 9.17) is 0 Å². The van der Waals surface area contributed by atoms with E-state index < -0.39 is 0 Å². The summed E-state index contributed by atoms with van der Waals surface area (Å²) in [5.74, 6) is 0.535. The van der Waals surface area contributed by atoms with E-state index in [9.17, 15) is 4.79 Å². The van der Waals surface area contributed by atoms with Crippen LogP contribution in [0.15, 0.2) is 30.5 Å². The first-order chi connectivity index (χ1) is 10.0. The summed E-state index contributed by atoms with van der Waals surface area (Å²) in [5.41, 5.74) is 4.35. The summed E-state index contributed by atoms with van der Waals surface area (Å²) in [4.78, 5) is 11.7. The van der Waals surface area contributed by atoms with Gasteiger partial charge < -0.3 is 5.32 Å². The number of carbonyl (C=O) groups is 1. The summed E-state index contributed by atoms with van der Waals surface area (Å²) in [6, 6.07) is 8.11. The molecule has 0 spiro atoms. The summed E-state index contributed by atoms with van der Waals surface area (Å²) >= 11 is 1.52. The average molecular weight is 303 g/mol. The van der Waals surface area contributed by atoms with Gasteiger partial charge >= 0.3 is 0 Å². The van der Waals surface area contributed by atoms with Crippen LogP contribution in [0.4, 0.5) is 0 Å². The third-order valence-corrected chi connectivity index (χ3v) is 4.06. The molecule has 1 atom stereocenters. The molecule has 1 amide bonds. The van der Waals surface area contributed by atoms with Crippen LogP contribution in [0.3, 0.4) is 0 Å². The molecule has 0 fully saturated rings. The van der Waals surface area contributed by atoms with Gasteiger partial charge in [0.15, 0.2) is 0 Å². The number of carbonyl (C=O) groups excluding carboxylic acids is 1. The van der Waals surface area contributed by atoms with E-state index in [1.54, 1.807) is 0 Å². The van der Waals surface area contributed by atoms with Crippen LogP contribution in [0.1, 0.15) is 29.8 Å². The van der Waals surface area contributed by atoms with Crippen molar-refractivity contribution in [3.05, 3.63) is 47.3 Å². The van der Waals surface area contributed by atoms with Gasteiger partial charge in [0.2, 0.25) is 5.91 Å². The summed E-state index contributed by atoms with van der Waals surface area (Å²) in [7, 11) is 0. The predicted molar refractivity (Wildman–Crippen MR) is 88.0 cm³/mol. The van der Waals surface area contributed by atoms with E-state index in [0.717, 1.165) is 16.9 Å². The summed E-state index contributed by atoms with van der Waals surface area (Å²) in [5, 5.41) is 7.49. The molecule has 0 bridgehead atoms. The third-order valence-electron chi connectivity index (χ3n) is 3.51. The standard InChI is InChI=1S/C16H21N3OS/c1-11-7-5-6-8-15(11)19-13(3)14(9-17-19)12(2)18-16(20)10-21-4/h5-9,12H,10H2,1-4H3,(H,18,20)/t12-/m1/s1. The Morgan fingerprint density at radius 3 is 2.76 bits per heavy atom. The Bertz CT molecular complexity index is 636. The van der Waals surface area contributed by atoms with Gasteiger partial charge in [-0.05, 0) is 38.7 Å². The molecular weight excluding hydrogens is 282 g/mol. The van der Waals surface area contributed by atoms with Crippen LogP contribution in [0.25, 0.3) is 5.69 Å². The zero-order valence-corrected chi connectivity index (χ0v) is 13.7. The predicted octanol–water partition coefficient (Wildman–Crippen LogP) is 3.03. The van der Waals surface area contributed by atoms with E-state index in [1.165, 1.54) is 17.3 Å². The molecule has 1 N–H and O–H groups in total. The maximum atomic E-state index is 11.7. The average Bonchev–Trinajstić information content (AvgIpc) is 2.81. The van der Waals surface area contributed by atoms with Crippen LogP contribution in [0.2, 0.25) is 0 Å². The van der Waals surface area contributed by atoms with Crippen LogP contribution in [0.5, 0.6) is 0 Å². The molecule has 2 rings (SSSR count). The maximum absolute atomic E-state index is 11.7. The quantitative estimate of drug-likeness (QED) is 0.923. The molecule has 1 heterocycles. The first-order valence-corrected chi connectivity index (χ1v) is 8.32. The Morgan fingerprint density at radius 2 is 2.10 bits per heavy atom. The number of benzene rings is 1. The van der Waals surface area contributed by atoms with Gasteiger partial charge in [0.25, 0.3) is 0 Å². The SMILES string of the molecule is CSCC(=O)N[C@H](C)c1cnn(-c2ccccc2C)c1C. The Balaban J connectivity index is 2.25. The lowest BCUT2D eigenvalue weighted by Crippen LogP contribution is -2.28. The van der Waals surface area contributed by atoms with Crippen LogP contribution in [0, 0.1) is 13.8 Å². The lowest BCUT2D eigenvalue weighted by Gasteiger charge is -2.14. The number of hydrogen-bond donors (Lipinski definition) is 1. The van der Waals surface area contributed by atoms with Crippen LogP contribution < -0.4 is 5.32 Å². The van der Waals surface area contributed by atoms with Crippen LogP contribution >= 0.6 is 11.8 Å². The number of para-hydroxylation sites is 1. The van der Waals surface area contributed by atoms with Gasteiger partial charge in [-0.2, -0.15) is 16.9 Å². The maximum Gasteiger partial charge on any atom is 0.230 e. The highest BCUT2D eigenvalue weighted by atomic mass is 32.2. The van der Waals surface area contributed by atoms with E-state index in [1.807, 2.05) is 43.1 Å². The van der Waals surface area contributed by atoms with Crippen molar-refractivity contribution in [2.75, 3.05) is 12.0 Å². The minimum absolute atomic E-state index is 0.0394. The van der Waals surface area contributed by atoms with Crippen molar-refractivity contribution in [2.45, 2.75) is 26.8 Å². The largest absolute Gasteiger partial charge is 0.349 e. The molecule has 0 radical (unpaired) electrons. The topological polar surface area (TPSA) is 46.9 Å². The van der Waals surface area contributed by atoms with Gasteiger partial charge in [-0.3, -0.25) is 4.79 Å². The Morgan fingerprint density at radius 1 is 1.38 bits per heavy atom. The van der Waals surface area contributed by atoms with Crippen molar-refractivity contribution in [3.8, 4) is 5.69 Å². The van der Waals surface area contributed by atoms with E-state index in [0.29, 0.717) is 5.75 Å². The number of amides is 1. The number of nitrogens with one attached hydrogen (secondary N) is 1. The second kappa shape index (κ2) is 6.80. The number of aryl methyl sites for hydroxylation is 1. The summed E-state index contributed by atoms with van der Waals surface area (Å²) < 4.78 is 1.93. The van der Waals surface area contributed by atoms with Crippen molar-refractivity contribution >= 4 is 17.7 Å². The van der Waals surface area contributed by atoms with Gasteiger partial charge in [0.1, 0.15) is 0 Å². The van der Waals surface area contributed by atoms with Gasteiger partial charge in [-0.15, -0.1) is 0 Å². The normalized spacial score (nSPS) is 12.2. The van der Waals surface area contributed by atoms with Crippen molar-refractivity contribution < 1.29 is 4.79 Å². The molecule has 4 nitrogen and oxygen atoms in total. The molecule has 21 heavy (non-hydrogen) atoms. The fourth-order valence-corrected chi connectivity index (χ4v) is 2.73. The van der Waals surface area contributed by atoms with Crippen molar-refractivity contribution in [1.82, 2.24) is 15.1 Å². The van der Waals surface area contributed by atoms with Gasteiger partial charge in [-0.25, -0.2) is 4.68 Å².